The zero-order valence-electron chi connectivity index (χ0n) is 21.4. The van der Waals surface area contributed by atoms with E-state index in [1.165, 1.54) is 0 Å². The summed E-state index contributed by atoms with van der Waals surface area (Å²) in [6.07, 6.45) is 0.710. The molecule has 8 heteroatoms. The van der Waals surface area contributed by atoms with E-state index in [2.05, 4.69) is 26.6 Å². The molecule has 0 unspecified atom stereocenters. The van der Waals surface area contributed by atoms with E-state index in [1.54, 1.807) is 48.3 Å². The van der Waals surface area contributed by atoms with Gasteiger partial charge in [0.15, 0.2) is 5.11 Å². The Morgan fingerprint density at radius 2 is 1.49 bits per heavy atom. The van der Waals surface area contributed by atoms with Gasteiger partial charge < -0.3 is 15.0 Å². The number of halogens is 1. The summed E-state index contributed by atoms with van der Waals surface area (Å²) in [5, 5.41) is 5.79. The minimum Gasteiger partial charge on any atom is -0.492 e. The van der Waals surface area contributed by atoms with Crippen molar-refractivity contribution < 1.29 is 14.3 Å². The van der Waals surface area contributed by atoms with Crippen LogP contribution in [0, 0.1) is 0 Å². The van der Waals surface area contributed by atoms with Crippen molar-refractivity contribution in [3.8, 4) is 5.75 Å². The molecule has 0 fully saturated rings. The highest BCUT2D eigenvalue weighted by Gasteiger charge is 2.19. The summed E-state index contributed by atoms with van der Waals surface area (Å²) >= 11 is 8.86. The van der Waals surface area contributed by atoms with Crippen molar-refractivity contribution in [3.63, 3.8) is 0 Å². The highest BCUT2D eigenvalue weighted by molar-refractivity contribution is 9.10. The number of nitrogens with zero attached hydrogens (tertiary/aromatic N) is 1. The Balaban J connectivity index is 1.41. The maximum Gasteiger partial charge on any atom is 0.261 e. The molecule has 2 amide bonds. The minimum absolute atomic E-state index is 0.0705. The number of carbonyl (C=O) groups excluding carboxylic acids is 2. The van der Waals surface area contributed by atoms with Crippen LogP contribution in [-0.4, -0.2) is 35.5 Å². The van der Waals surface area contributed by atoms with Crippen LogP contribution in [0.1, 0.15) is 31.8 Å². The van der Waals surface area contributed by atoms with Crippen LogP contribution in [-0.2, 0) is 13.0 Å². The molecule has 4 aromatic carbocycles. The van der Waals surface area contributed by atoms with Gasteiger partial charge in [0.25, 0.3) is 11.8 Å². The second kappa shape index (κ2) is 13.7. The van der Waals surface area contributed by atoms with E-state index in [1.807, 2.05) is 66.7 Å². The number of anilines is 1. The Morgan fingerprint density at radius 3 is 2.21 bits per heavy atom. The van der Waals surface area contributed by atoms with Gasteiger partial charge in [-0.05, 0) is 53.7 Å². The van der Waals surface area contributed by atoms with E-state index in [0.29, 0.717) is 42.1 Å². The number of nitrogens with one attached hydrogen (secondary N) is 2. The molecule has 198 valence electrons. The van der Waals surface area contributed by atoms with Gasteiger partial charge in [0.05, 0.1) is 23.4 Å². The van der Waals surface area contributed by atoms with Crippen LogP contribution in [0.4, 0.5) is 5.69 Å². The Labute approximate surface area is 242 Å². The van der Waals surface area contributed by atoms with E-state index in [0.717, 1.165) is 15.6 Å². The molecule has 0 radical (unpaired) electrons. The maximum absolute atomic E-state index is 13.2. The third-order valence-corrected chi connectivity index (χ3v) is 6.62. The second-order valence-corrected chi connectivity index (χ2v) is 10.1. The van der Waals surface area contributed by atoms with Crippen molar-refractivity contribution in [2.75, 3.05) is 19.0 Å². The van der Waals surface area contributed by atoms with Crippen molar-refractivity contribution >= 4 is 50.8 Å². The van der Waals surface area contributed by atoms with Gasteiger partial charge in [-0.2, -0.15) is 0 Å². The van der Waals surface area contributed by atoms with Gasteiger partial charge in [-0.15, -0.1) is 0 Å². The quantitative estimate of drug-likeness (QED) is 0.215. The molecular formula is C31H28BrN3O3S. The average Bonchev–Trinajstić information content (AvgIpc) is 2.94. The normalized spacial score (nSPS) is 10.4. The fraction of sp³-hybridized carbons (Fsp3) is 0.129. The topological polar surface area (TPSA) is 70.7 Å². The number of para-hydroxylation sites is 1. The van der Waals surface area contributed by atoms with E-state index in [9.17, 15) is 9.59 Å². The van der Waals surface area contributed by atoms with Crippen LogP contribution >= 0.6 is 28.1 Å². The molecule has 0 bridgehead atoms. The van der Waals surface area contributed by atoms with E-state index in [4.69, 9.17) is 17.0 Å². The van der Waals surface area contributed by atoms with Crippen molar-refractivity contribution in [2.45, 2.75) is 13.0 Å². The van der Waals surface area contributed by atoms with Crippen molar-refractivity contribution in [1.82, 2.24) is 10.2 Å². The van der Waals surface area contributed by atoms with E-state index in [-0.39, 0.29) is 11.0 Å². The highest BCUT2D eigenvalue weighted by Crippen LogP contribution is 2.24. The SMILES string of the molecule is CN(Cc1ccccc1)C(=O)c1ccccc1NC(=S)NC(=O)c1cc(Br)ccc1OCCc1ccccc1. The first kappa shape index (κ1) is 28.0. The average molecular weight is 603 g/mol. The fourth-order valence-corrected chi connectivity index (χ4v) is 4.53. The summed E-state index contributed by atoms with van der Waals surface area (Å²) in [5.41, 5.74) is 3.46. The number of thiocarbonyl (C=S) groups is 1. The van der Waals surface area contributed by atoms with E-state index >= 15 is 0 Å². The van der Waals surface area contributed by atoms with Gasteiger partial charge in [0.2, 0.25) is 0 Å². The van der Waals surface area contributed by atoms with Crippen LogP contribution in [0.3, 0.4) is 0 Å². The van der Waals surface area contributed by atoms with Crippen LogP contribution in [0.2, 0.25) is 0 Å². The summed E-state index contributed by atoms with van der Waals surface area (Å²) in [4.78, 5) is 28.0. The molecule has 0 saturated heterocycles. The smallest absolute Gasteiger partial charge is 0.261 e. The molecule has 4 rings (SSSR count). The molecule has 0 heterocycles. The highest BCUT2D eigenvalue weighted by atomic mass is 79.9. The van der Waals surface area contributed by atoms with Crippen molar-refractivity contribution in [3.05, 3.63) is 130 Å². The molecule has 0 atom stereocenters. The number of amides is 2. The molecule has 39 heavy (non-hydrogen) atoms. The summed E-state index contributed by atoms with van der Waals surface area (Å²) in [6, 6.07) is 32.1. The largest absolute Gasteiger partial charge is 0.492 e. The number of benzene rings is 4. The lowest BCUT2D eigenvalue weighted by Gasteiger charge is -2.20. The van der Waals surface area contributed by atoms with Crippen LogP contribution in [0.25, 0.3) is 0 Å². The van der Waals surface area contributed by atoms with Gasteiger partial charge in [0, 0.05) is 24.5 Å². The molecule has 0 aliphatic heterocycles. The Kier molecular flexibility index (Phi) is 9.83. The molecule has 2 N–H and O–H groups in total. The molecule has 0 saturated carbocycles. The summed E-state index contributed by atoms with van der Waals surface area (Å²) in [7, 11) is 1.75. The second-order valence-electron chi connectivity index (χ2n) is 8.83. The predicted molar refractivity (Wildman–Crippen MR) is 162 cm³/mol. The lowest BCUT2D eigenvalue weighted by Crippen LogP contribution is -2.35. The molecule has 6 nitrogen and oxygen atoms in total. The first-order valence-electron chi connectivity index (χ1n) is 12.4. The van der Waals surface area contributed by atoms with Crippen LogP contribution in [0.15, 0.2) is 108 Å². The predicted octanol–water partition coefficient (Wildman–Crippen LogP) is 6.47. The van der Waals surface area contributed by atoms with Gasteiger partial charge >= 0.3 is 0 Å². The van der Waals surface area contributed by atoms with E-state index < -0.39 is 5.91 Å². The first-order chi connectivity index (χ1) is 18.9. The standard InChI is InChI=1S/C31H28BrN3O3S/c1-35(21-23-12-6-3-7-13-23)30(37)25-14-8-9-15-27(25)33-31(39)34-29(36)26-20-24(32)16-17-28(26)38-19-18-22-10-4-2-5-11-22/h2-17,20H,18-19,21H2,1H3,(H2,33,34,36,39). The third kappa shape index (κ3) is 7.99. The van der Waals surface area contributed by atoms with Gasteiger partial charge in [-0.3, -0.25) is 14.9 Å². The number of rotatable bonds is 9. The molecule has 0 aliphatic rings. The molecular weight excluding hydrogens is 574 g/mol. The minimum atomic E-state index is -0.423. The Morgan fingerprint density at radius 1 is 0.846 bits per heavy atom. The summed E-state index contributed by atoms with van der Waals surface area (Å²) in [6.45, 7) is 0.881. The first-order valence-corrected chi connectivity index (χ1v) is 13.6. The lowest BCUT2D eigenvalue weighted by molar-refractivity contribution is 0.0786. The van der Waals surface area contributed by atoms with Crippen molar-refractivity contribution in [2.24, 2.45) is 0 Å². The zero-order valence-corrected chi connectivity index (χ0v) is 23.8. The maximum atomic E-state index is 13.2. The van der Waals surface area contributed by atoms with Gasteiger partial charge in [0.1, 0.15) is 5.75 Å². The molecule has 0 spiro atoms. The summed E-state index contributed by atoms with van der Waals surface area (Å²) < 4.78 is 6.68. The summed E-state index contributed by atoms with van der Waals surface area (Å²) in [5.74, 6) is -0.141. The van der Waals surface area contributed by atoms with Crippen molar-refractivity contribution in [1.29, 1.82) is 0 Å². The number of hydrogen-bond donors (Lipinski definition) is 2. The third-order valence-electron chi connectivity index (χ3n) is 5.92. The zero-order chi connectivity index (χ0) is 27.6. The number of hydrogen-bond acceptors (Lipinski definition) is 4. The Hall–Kier alpha value is -4.01. The number of carbonyl (C=O) groups is 2. The molecule has 0 aliphatic carbocycles. The Bertz CT molecular complexity index is 1450. The van der Waals surface area contributed by atoms with Crippen LogP contribution in [0.5, 0.6) is 5.75 Å². The number of ether oxygens (including phenoxy) is 1. The molecule has 0 aromatic heterocycles. The van der Waals surface area contributed by atoms with Gasteiger partial charge in [-0.25, -0.2) is 0 Å². The molecule has 4 aromatic rings. The fourth-order valence-electron chi connectivity index (χ4n) is 3.97. The monoisotopic (exact) mass is 601 g/mol. The van der Waals surface area contributed by atoms with Crippen LogP contribution < -0.4 is 15.4 Å². The van der Waals surface area contributed by atoms with Gasteiger partial charge in [-0.1, -0.05) is 88.7 Å². The lowest BCUT2D eigenvalue weighted by atomic mass is 10.1.